The number of halogens is 1. The summed E-state index contributed by atoms with van der Waals surface area (Å²) in [5, 5.41) is 5.05. The van der Waals surface area contributed by atoms with Gasteiger partial charge in [0.2, 0.25) is 0 Å². The van der Waals surface area contributed by atoms with E-state index in [2.05, 4.69) is 74.6 Å². The molecule has 0 unspecified atom stereocenters. The van der Waals surface area contributed by atoms with Gasteiger partial charge in [0, 0.05) is 24.1 Å². The SMILES string of the molecule is Cc1cc(N2C[C@H](CNC(=O)c3ccc(Cl)s3)OC2=O)cc(C)c1-n1cccc(CCO[Si](c2ccccc2)(c2ccccc2)C(C)(C)C)c1=O. The quantitative estimate of drug-likeness (QED) is 0.147. The number of aromatic nitrogens is 1. The Morgan fingerprint density at radius 3 is 2.14 bits per heavy atom. The second-order valence-electron chi connectivity index (χ2n) is 13.8. The van der Waals surface area contributed by atoms with E-state index >= 15 is 0 Å². The largest absolute Gasteiger partial charge is 0.442 e. The fourth-order valence-corrected chi connectivity index (χ4v) is 12.5. The molecule has 0 aliphatic carbocycles. The van der Waals surface area contributed by atoms with Crippen LogP contribution in [0.1, 0.15) is 47.1 Å². The zero-order valence-electron chi connectivity index (χ0n) is 29.4. The topological polar surface area (TPSA) is 89.9 Å². The number of aryl methyl sites for hydroxylation is 2. The van der Waals surface area contributed by atoms with Crippen LogP contribution in [0.2, 0.25) is 9.37 Å². The smallest absolute Gasteiger partial charge is 0.414 e. The van der Waals surface area contributed by atoms with Crippen molar-refractivity contribution in [2.75, 3.05) is 24.6 Å². The first kappa shape index (κ1) is 36.3. The summed E-state index contributed by atoms with van der Waals surface area (Å²) >= 11 is 7.15. The maximum atomic E-state index is 14.0. The fraction of sp³-hybridized carbons (Fsp3) is 0.275. The van der Waals surface area contributed by atoms with Crippen molar-refractivity contribution in [2.24, 2.45) is 0 Å². The third-order valence-corrected chi connectivity index (χ3v) is 15.6. The Hall–Kier alpha value is -4.48. The summed E-state index contributed by atoms with van der Waals surface area (Å²) in [7, 11) is -2.75. The molecule has 1 atom stereocenters. The van der Waals surface area contributed by atoms with Gasteiger partial charge in [-0.05, 0) is 77.1 Å². The number of ether oxygens (including phenoxy) is 1. The summed E-state index contributed by atoms with van der Waals surface area (Å²) in [6.07, 6.45) is 1.24. The van der Waals surface area contributed by atoms with Crippen molar-refractivity contribution in [2.45, 2.75) is 52.2 Å². The number of carbonyl (C=O) groups excluding carboxylic acids is 2. The highest BCUT2D eigenvalue weighted by Crippen LogP contribution is 2.37. The van der Waals surface area contributed by atoms with Crippen molar-refractivity contribution in [3.8, 4) is 5.69 Å². The van der Waals surface area contributed by atoms with Crippen molar-refractivity contribution >= 4 is 59.3 Å². The molecule has 11 heteroatoms. The maximum Gasteiger partial charge on any atom is 0.414 e. The average molecular weight is 740 g/mol. The maximum absolute atomic E-state index is 14.0. The summed E-state index contributed by atoms with van der Waals surface area (Å²) in [4.78, 5) is 41.5. The number of nitrogens with zero attached hydrogens (tertiary/aromatic N) is 2. The molecule has 0 bridgehead atoms. The minimum atomic E-state index is -2.75. The third kappa shape index (κ3) is 7.46. The molecule has 3 heterocycles. The number of amides is 2. The minimum absolute atomic E-state index is 0.106. The number of hydrogen-bond donors (Lipinski definition) is 1. The van der Waals surface area contributed by atoms with Gasteiger partial charge in [0.25, 0.3) is 19.8 Å². The van der Waals surface area contributed by atoms with Gasteiger partial charge >= 0.3 is 6.09 Å². The van der Waals surface area contributed by atoms with E-state index in [1.165, 1.54) is 21.7 Å². The molecule has 1 aliphatic rings. The van der Waals surface area contributed by atoms with Gasteiger partial charge in [-0.2, -0.15) is 0 Å². The zero-order valence-corrected chi connectivity index (χ0v) is 32.0. The molecule has 51 heavy (non-hydrogen) atoms. The van der Waals surface area contributed by atoms with E-state index in [0.717, 1.165) is 16.8 Å². The van der Waals surface area contributed by atoms with Crippen LogP contribution in [0.4, 0.5) is 10.5 Å². The van der Waals surface area contributed by atoms with Crippen molar-refractivity contribution in [1.82, 2.24) is 9.88 Å². The molecule has 8 nitrogen and oxygen atoms in total. The number of carbonyl (C=O) groups is 2. The van der Waals surface area contributed by atoms with Crippen LogP contribution >= 0.6 is 22.9 Å². The highest BCUT2D eigenvalue weighted by molar-refractivity contribution is 7.18. The molecule has 3 aromatic carbocycles. The van der Waals surface area contributed by atoms with Gasteiger partial charge in [-0.25, -0.2) is 4.79 Å². The Morgan fingerprint density at radius 2 is 1.57 bits per heavy atom. The molecule has 264 valence electrons. The van der Waals surface area contributed by atoms with E-state index < -0.39 is 20.5 Å². The van der Waals surface area contributed by atoms with Crippen molar-refractivity contribution in [3.63, 3.8) is 0 Å². The second kappa shape index (κ2) is 15.0. The van der Waals surface area contributed by atoms with Crippen LogP contribution in [-0.2, 0) is 15.6 Å². The molecule has 2 amide bonds. The first-order chi connectivity index (χ1) is 24.4. The van der Waals surface area contributed by atoms with E-state index in [-0.39, 0.29) is 29.6 Å². The van der Waals surface area contributed by atoms with Crippen molar-refractivity contribution < 1.29 is 18.8 Å². The fourth-order valence-electron chi connectivity index (χ4n) is 7.02. The molecule has 5 aromatic rings. The minimum Gasteiger partial charge on any atom is -0.442 e. The van der Waals surface area contributed by atoms with Crippen LogP contribution in [-0.4, -0.2) is 50.7 Å². The highest BCUT2D eigenvalue weighted by Gasteiger charge is 2.50. The Labute approximate surface area is 308 Å². The number of cyclic esters (lactones) is 1. The Bertz CT molecular complexity index is 2030. The molecule has 1 saturated heterocycles. The van der Waals surface area contributed by atoms with Crippen LogP contribution in [0, 0.1) is 13.8 Å². The van der Waals surface area contributed by atoms with Gasteiger partial charge in [0.15, 0.2) is 0 Å². The monoisotopic (exact) mass is 739 g/mol. The van der Waals surface area contributed by atoms with Crippen LogP contribution < -0.4 is 26.1 Å². The van der Waals surface area contributed by atoms with Crippen molar-refractivity contribution in [3.05, 3.63) is 140 Å². The lowest BCUT2D eigenvalue weighted by atomic mass is 10.1. The number of thiophene rings is 1. The first-order valence-electron chi connectivity index (χ1n) is 17.0. The van der Waals surface area contributed by atoms with E-state index in [0.29, 0.717) is 33.5 Å². The van der Waals surface area contributed by atoms with Gasteiger partial charge in [-0.15, -0.1) is 11.3 Å². The number of anilines is 1. The molecular weight excluding hydrogens is 698 g/mol. The molecule has 2 aromatic heterocycles. The zero-order chi connectivity index (χ0) is 36.3. The Kier molecular flexibility index (Phi) is 10.7. The van der Waals surface area contributed by atoms with E-state index in [4.69, 9.17) is 20.8 Å². The number of rotatable bonds is 11. The van der Waals surface area contributed by atoms with Gasteiger partial charge in [-0.3, -0.25) is 19.1 Å². The van der Waals surface area contributed by atoms with Crippen LogP contribution in [0.5, 0.6) is 0 Å². The lowest BCUT2D eigenvalue weighted by molar-refractivity contribution is 0.0920. The summed E-state index contributed by atoms with van der Waals surface area (Å²) in [6.45, 7) is 11.4. The third-order valence-electron chi connectivity index (χ3n) is 9.32. The average Bonchev–Trinajstić information content (AvgIpc) is 3.71. The van der Waals surface area contributed by atoms with Crippen molar-refractivity contribution in [1.29, 1.82) is 0 Å². The summed E-state index contributed by atoms with van der Waals surface area (Å²) in [5.41, 5.74) is 3.67. The standard InChI is InChI=1S/C40H42ClN3O5SSi/c1-27-23-30(44-26-31(49-39(44)47)25-42-37(45)34-18-19-35(41)50-34)24-28(2)36(27)43-21-12-13-29(38(43)46)20-22-48-51(40(3,4)5,32-14-8-6-9-15-32)33-16-10-7-11-17-33/h6-19,21,23-24,31H,20,22,25-26H2,1-5H3,(H,42,45)/t31-/m0/s1. The summed E-state index contributed by atoms with van der Waals surface area (Å²) < 4.78 is 14.9. The Morgan fingerprint density at radius 1 is 0.941 bits per heavy atom. The summed E-state index contributed by atoms with van der Waals surface area (Å²) in [5.74, 6) is -0.264. The van der Waals surface area contributed by atoms with E-state index in [1.54, 1.807) is 27.8 Å². The Balaban J connectivity index is 1.20. The van der Waals surface area contributed by atoms with Gasteiger partial charge in [-0.1, -0.05) is 99.1 Å². The normalized spacial score (nSPS) is 14.8. The van der Waals surface area contributed by atoms with Gasteiger partial charge in [0.05, 0.1) is 28.0 Å². The molecule has 1 N–H and O–H groups in total. The molecule has 0 saturated carbocycles. The molecule has 6 rings (SSSR count). The lowest BCUT2D eigenvalue weighted by Crippen LogP contribution is -2.66. The van der Waals surface area contributed by atoms with Crippen LogP contribution in [0.3, 0.4) is 0 Å². The van der Waals surface area contributed by atoms with Crippen LogP contribution in [0.25, 0.3) is 5.69 Å². The molecule has 1 aliphatic heterocycles. The number of pyridine rings is 1. The van der Waals surface area contributed by atoms with E-state index in [1.807, 2.05) is 50.2 Å². The summed E-state index contributed by atoms with van der Waals surface area (Å²) in [6, 6.07) is 31.9. The molecule has 0 radical (unpaired) electrons. The number of hydrogen-bond acceptors (Lipinski definition) is 6. The van der Waals surface area contributed by atoms with Gasteiger partial charge in [0.1, 0.15) is 6.10 Å². The predicted octanol–water partition coefficient (Wildman–Crippen LogP) is 7.04. The van der Waals surface area contributed by atoms with E-state index in [9.17, 15) is 14.4 Å². The predicted molar refractivity (Wildman–Crippen MR) is 208 cm³/mol. The highest BCUT2D eigenvalue weighted by atomic mass is 35.5. The van der Waals surface area contributed by atoms with Gasteiger partial charge < -0.3 is 14.5 Å². The van der Waals surface area contributed by atoms with Crippen LogP contribution in [0.15, 0.2) is 108 Å². The molecule has 1 fully saturated rings. The number of nitrogens with one attached hydrogen (secondary N) is 1. The molecular formula is C40H42ClN3O5SSi. The molecule has 0 spiro atoms. The second-order valence-corrected chi connectivity index (χ2v) is 19.8. The first-order valence-corrected chi connectivity index (χ1v) is 20.1. The number of benzene rings is 3. The lowest BCUT2D eigenvalue weighted by Gasteiger charge is -2.43.